The number of nitrogens with zero attached hydrogens (tertiary/aromatic N) is 1. The van der Waals surface area contributed by atoms with Crippen molar-refractivity contribution >= 4 is 23.6 Å². The maximum atomic E-state index is 5.68. The van der Waals surface area contributed by atoms with Crippen LogP contribution in [0.15, 0.2) is 0 Å². The molecule has 0 heterocycles. The van der Waals surface area contributed by atoms with Gasteiger partial charge in [0.15, 0.2) is 0 Å². The predicted octanol–water partition coefficient (Wildman–Crippen LogP) is 2.78. The SMILES string of the molecule is ClN(Cl)[C@@H]1C[C@H]2CC[C@@H]1C2. The van der Waals surface area contributed by atoms with Crippen molar-refractivity contribution in [2.45, 2.75) is 31.7 Å². The van der Waals surface area contributed by atoms with Gasteiger partial charge in [0.25, 0.3) is 0 Å². The Morgan fingerprint density at radius 3 is 2.20 bits per heavy atom. The first kappa shape index (κ1) is 7.20. The van der Waals surface area contributed by atoms with Crippen molar-refractivity contribution in [3.8, 4) is 0 Å². The van der Waals surface area contributed by atoms with E-state index in [1.54, 1.807) is 0 Å². The molecule has 2 saturated carbocycles. The summed E-state index contributed by atoms with van der Waals surface area (Å²) in [5.74, 6) is 1.72. The molecule has 0 aromatic rings. The highest BCUT2D eigenvalue weighted by molar-refractivity contribution is 6.34. The maximum Gasteiger partial charge on any atom is 0.0447 e. The lowest BCUT2D eigenvalue weighted by atomic mass is 9.96. The Kier molecular flexibility index (Phi) is 1.83. The second-order valence-electron chi connectivity index (χ2n) is 3.50. The van der Waals surface area contributed by atoms with Crippen LogP contribution >= 0.6 is 23.6 Å². The van der Waals surface area contributed by atoms with Crippen LogP contribution in [0.25, 0.3) is 0 Å². The van der Waals surface area contributed by atoms with Gasteiger partial charge in [0.2, 0.25) is 0 Å². The van der Waals surface area contributed by atoms with Crippen LogP contribution in [-0.4, -0.2) is 9.98 Å². The molecule has 2 rings (SSSR count). The smallest absolute Gasteiger partial charge is 0.0447 e. The quantitative estimate of drug-likeness (QED) is 0.561. The molecule has 1 nitrogen and oxygen atoms in total. The van der Waals surface area contributed by atoms with Crippen LogP contribution in [-0.2, 0) is 0 Å². The minimum absolute atomic E-state index is 0.460. The van der Waals surface area contributed by atoms with Crippen molar-refractivity contribution in [3.05, 3.63) is 0 Å². The molecule has 0 saturated heterocycles. The molecule has 3 heteroatoms. The highest BCUT2D eigenvalue weighted by Crippen LogP contribution is 2.47. The fraction of sp³-hybridized carbons (Fsp3) is 1.00. The average Bonchev–Trinajstić information content (AvgIpc) is 2.44. The number of hydrogen-bond acceptors (Lipinski definition) is 1. The van der Waals surface area contributed by atoms with E-state index >= 15 is 0 Å². The van der Waals surface area contributed by atoms with E-state index in [1.165, 1.54) is 29.6 Å². The second kappa shape index (κ2) is 2.54. The third kappa shape index (κ3) is 1.05. The summed E-state index contributed by atoms with van der Waals surface area (Å²) in [5, 5.41) is 0. The molecule has 0 N–H and O–H groups in total. The minimum atomic E-state index is 0.460. The van der Waals surface area contributed by atoms with Crippen LogP contribution in [0, 0.1) is 11.8 Å². The normalized spacial score (nSPS) is 45.3. The van der Waals surface area contributed by atoms with E-state index in [4.69, 9.17) is 23.6 Å². The van der Waals surface area contributed by atoms with Gasteiger partial charge in [0.1, 0.15) is 0 Å². The van der Waals surface area contributed by atoms with Crippen LogP contribution in [0.1, 0.15) is 25.7 Å². The van der Waals surface area contributed by atoms with Crippen molar-refractivity contribution in [3.63, 3.8) is 0 Å². The minimum Gasteiger partial charge on any atom is -0.128 e. The zero-order valence-corrected chi connectivity index (χ0v) is 7.28. The molecule has 2 bridgehead atoms. The molecular formula is C7H11Cl2N. The van der Waals surface area contributed by atoms with Gasteiger partial charge >= 0.3 is 0 Å². The summed E-state index contributed by atoms with van der Waals surface area (Å²) in [4.78, 5) is 0. The lowest BCUT2D eigenvalue weighted by molar-refractivity contribution is 0.328. The van der Waals surface area contributed by atoms with Crippen molar-refractivity contribution in [1.82, 2.24) is 3.94 Å². The summed E-state index contributed by atoms with van der Waals surface area (Å²) in [6.07, 6.45) is 5.33. The second-order valence-corrected chi connectivity index (χ2v) is 4.40. The molecule has 0 radical (unpaired) electrons. The number of hydrogen-bond donors (Lipinski definition) is 0. The summed E-state index contributed by atoms with van der Waals surface area (Å²) in [6.45, 7) is 0. The topological polar surface area (TPSA) is 3.24 Å². The molecule has 0 unspecified atom stereocenters. The van der Waals surface area contributed by atoms with Gasteiger partial charge in [0.05, 0.1) is 0 Å². The Morgan fingerprint density at radius 1 is 1.10 bits per heavy atom. The largest absolute Gasteiger partial charge is 0.128 e. The predicted molar refractivity (Wildman–Crippen MR) is 42.8 cm³/mol. The molecule has 2 fully saturated rings. The van der Waals surface area contributed by atoms with Crippen LogP contribution in [0.3, 0.4) is 0 Å². The fourth-order valence-corrected chi connectivity index (χ4v) is 2.93. The van der Waals surface area contributed by atoms with Gasteiger partial charge in [0, 0.05) is 6.04 Å². The van der Waals surface area contributed by atoms with Gasteiger partial charge in [-0.1, -0.05) is 6.42 Å². The fourth-order valence-electron chi connectivity index (χ4n) is 2.45. The Morgan fingerprint density at radius 2 is 1.90 bits per heavy atom. The van der Waals surface area contributed by atoms with Crippen LogP contribution in [0.2, 0.25) is 0 Å². The molecular weight excluding hydrogens is 169 g/mol. The third-order valence-corrected chi connectivity index (χ3v) is 3.45. The van der Waals surface area contributed by atoms with Gasteiger partial charge in [-0.3, -0.25) is 0 Å². The van der Waals surface area contributed by atoms with Gasteiger partial charge in [-0.05, 0) is 54.7 Å². The maximum absolute atomic E-state index is 5.68. The lowest BCUT2D eigenvalue weighted by Gasteiger charge is -2.23. The number of rotatable bonds is 1. The standard InChI is InChI=1S/C7H11Cl2N/c8-10(9)7-4-5-1-2-6(7)3-5/h5-7H,1-4H2/t5-,6+,7+/m0/s1. The van der Waals surface area contributed by atoms with E-state index < -0.39 is 0 Å². The first-order valence-corrected chi connectivity index (χ1v) is 4.56. The number of halogens is 2. The molecule has 0 amide bonds. The first-order chi connectivity index (χ1) is 4.77. The zero-order chi connectivity index (χ0) is 7.14. The molecule has 0 aromatic heterocycles. The average molecular weight is 180 g/mol. The van der Waals surface area contributed by atoms with Crippen molar-refractivity contribution in [1.29, 1.82) is 0 Å². The Bertz CT molecular complexity index is 138. The molecule has 2 aliphatic carbocycles. The van der Waals surface area contributed by atoms with Crippen molar-refractivity contribution in [2.75, 3.05) is 0 Å². The molecule has 0 aliphatic heterocycles. The zero-order valence-electron chi connectivity index (χ0n) is 5.76. The molecule has 3 atom stereocenters. The lowest BCUT2D eigenvalue weighted by Crippen LogP contribution is -2.25. The molecule has 10 heavy (non-hydrogen) atoms. The third-order valence-electron chi connectivity index (χ3n) is 2.95. The van der Waals surface area contributed by atoms with Crippen molar-refractivity contribution < 1.29 is 0 Å². The summed E-state index contributed by atoms with van der Waals surface area (Å²) in [7, 11) is 0. The van der Waals surface area contributed by atoms with E-state index in [2.05, 4.69) is 0 Å². The van der Waals surface area contributed by atoms with Gasteiger partial charge < -0.3 is 0 Å². The van der Waals surface area contributed by atoms with E-state index in [0.29, 0.717) is 6.04 Å². The van der Waals surface area contributed by atoms with Crippen LogP contribution < -0.4 is 0 Å². The van der Waals surface area contributed by atoms with Crippen LogP contribution in [0.5, 0.6) is 0 Å². The van der Waals surface area contributed by atoms with Gasteiger partial charge in [-0.25, -0.2) is 0 Å². The first-order valence-electron chi connectivity index (χ1n) is 3.88. The Labute approximate surface area is 71.5 Å². The highest BCUT2D eigenvalue weighted by Gasteiger charge is 2.41. The van der Waals surface area contributed by atoms with Gasteiger partial charge in [-0.15, -0.1) is 3.94 Å². The van der Waals surface area contributed by atoms with Crippen LogP contribution in [0.4, 0.5) is 0 Å². The van der Waals surface area contributed by atoms with E-state index in [-0.39, 0.29) is 0 Å². The van der Waals surface area contributed by atoms with Crippen molar-refractivity contribution in [2.24, 2.45) is 11.8 Å². The highest BCUT2D eigenvalue weighted by atomic mass is 35.5. The molecule has 2 aliphatic rings. The molecule has 0 spiro atoms. The summed E-state index contributed by atoms with van der Waals surface area (Å²) >= 11 is 11.4. The molecule has 0 aromatic carbocycles. The summed E-state index contributed by atoms with van der Waals surface area (Å²) in [6, 6.07) is 0.460. The van der Waals surface area contributed by atoms with E-state index in [1.807, 2.05) is 0 Å². The number of fused-ring (bicyclic) bond motifs is 2. The van der Waals surface area contributed by atoms with E-state index in [0.717, 1.165) is 11.8 Å². The molecule has 58 valence electrons. The van der Waals surface area contributed by atoms with E-state index in [9.17, 15) is 0 Å². The van der Waals surface area contributed by atoms with Gasteiger partial charge in [-0.2, -0.15) is 0 Å². The Balaban J connectivity index is 2.02. The summed E-state index contributed by atoms with van der Waals surface area (Å²) < 4.78 is 1.36. The Hall–Kier alpha value is 0.540. The monoisotopic (exact) mass is 179 g/mol. The summed E-state index contributed by atoms with van der Waals surface area (Å²) in [5.41, 5.74) is 0.